The van der Waals surface area contributed by atoms with Crippen molar-refractivity contribution in [3.63, 3.8) is 0 Å². The zero-order valence-corrected chi connectivity index (χ0v) is 13.1. The Bertz CT molecular complexity index is 453. The first-order valence-corrected chi connectivity index (χ1v) is 8.18. The molecule has 0 unspecified atom stereocenters. The molecule has 1 N–H and O–H groups in total. The van der Waals surface area contributed by atoms with E-state index in [9.17, 15) is 0 Å². The smallest absolute Gasteiger partial charge is 0.234 e. The van der Waals surface area contributed by atoms with Gasteiger partial charge in [0.1, 0.15) is 0 Å². The van der Waals surface area contributed by atoms with E-state index in [4.69, 9.17) is 4.74 Å². The highest BCUT2D eigenvalue weighted by atomic mass is 16.5. The van der Waals surface area contributed by atoms with Gasteiger partial charge in [-0.05, 0) is 52.0 Å². The third-order valence-electron chi connectivity index (χ3n) is 4.17. The number of piperidine rings is 1. The van der Waals surface area contributed by atoms with Crippen LogP contribution in [0.2, 0.25) is 0 Å². The fourth-order valence-corrected chi connectivity index (χ4v) is 2.78. The lowest BCUT2D eigenvalue weighted by atomic mass is 9.97. The highest BCUT2D eigenvalue weighted by Gasteiger charge is 2.24. The number of anilines is 1. The second-order valence-corrected chi connectivity index (χ2v) is 6.50. The van der Waals surface area contributed by atoms with Gasteiger partial charge < -0.3 is 15.0 Å². The van der Waals surface area contributed by atoms with Gasteiger partial charge in [0, 0.05) is 19.1 Å². The first-order chi connectivity index (χ1) is 10.2. The van der Waals surface area contributed by atoms with Gasteiger partial charge in [-0.15, -0.1) is 0 Å². The maximum atomic E-state index is 5.63. The molecule has 1 aliphatic carbocycles. The number of rotatable bonds is 6. The van der Waals surface area contributed by atoms with E-state index in [-0.39, 0.29) is 6.10 Å². The lowest BCUT2D eigenvalue weighted by Crippen LogP contribution is -2.38. The Labute approximate surface area is 127 Å². The molecule has 21 heavy (non-hydrogen) atoms. The van der Waals surface area contributed by atoms with Gasteiger partial charge in [0.2, 0.25) is 5.88 Å². The van der Waals surface area contributed by atoms with E-state index in [1.165, 1.54) is 32.2 Å². The SMILES string of the molecule is CC(C)Oc1cncc(N2CCC(CNC3CC3)CC2)n1. The largest absolute Gasteiger partial charge is 0.474 e. The van der Waals surface area contributed by atoms with Gasteiger partial charge in [-0.2, -0.15) is 4.98 Å². The number of nitrogens with zero attached hydrogens (tertiary/aromatic N) is 3. The Morgan fingerprint density at radius 2 is 2.00 bits per heavy atom. The van der Waals surface area contributed by atoms with E-state index in [1.54, 1.807) is 6.20 Å². The minimum absolute atomic E-state index is 0.133. The van der Waals surface area contributed by atoms with Gasteiger partial charge in [0.15, 0.2) is 5.82 Å². The van der Waals surface area contributed by atoms with Crippen LogP contribution in [0.15, 0.2) is 12.4 Å². The summed E-state index contributed by atoms with van der Waals surface area (Å²) in [4.78, 5) is 11.2. The average Bonchev–Trinajstić information content (AvgIpc) is 3.29. The van der Waals surface area contributed by atoms with Gasteiger partial charge in [-0.25, -0.2) is 0 Å². The number of hydrogen-bond donors (Lipinski definition) is 1. The molecule has 5 nitrogen and oxygen atoms in total. The van der Waals surface area contributed by atoms with Crippen molar-refractivity contribution >= 4 is 5.82 Å². The van der Waals surface area contributed by atoms with Crippen molar-refractivity contribution in [2.24, 2.45) is 5.92 Å². The molecule has 3 rings (SSSR count). The van der Waals surface area contributed by atoms with Crippen LogP contribution in [0, 0.1) is 5.92 Å². The van der Waals surface area contributed by atoms with Crippen molar-refractivity contribution in [1.82, 2.24) is 15.3 Å². The molecule has 1 aromatic heterocycles. The minimum atomic E-state index is 0.133. The topological polar surface area (TPSA) is 50.3 Å². The zero-order chi connectivity index (χ0) is 14.7. The van der Waals surface area contributed by atoms with E-state index in [1.807, 2.05) is 20.0 Å². The second-order valence-electron chi connectivity index (χ2n) is 6.50. The summed E-state index contributed by atoms with van der Waals surface area (Å²) in [6.45, 7) is 7.33. The summed E-state index contributed by atoms with van der Waals surface area (Å²) >= 11 is 0. The number of hydrogen-bond acceptors (Lipinski definition) is 5. The normalized spacial score (nSPS) is 20.0. The first-order valence-electron chi connectivity index (χ1n) is 8.18. The third kappa shape index (κ3) is 4.30. The van der Waals surface area contributed by atoms with E-state index in [2.05, 4.69) is 20.2 Å². The molecule has 5 heteroatoms. The minimum Gasteiger partial charge on any atom is -0.474 e. The summed E-state index contributed by atoms with van der Waals surface area (Å²) in [5.41, 5.74) is 0. The zero-order valence-electron chi connectivity index (χ0n) is 13.1. The van der Waals surface area contributed by atoms with Crippen LogP contribution in [-0.4, -0.2) is 41.7 Å². The fourth-order valence-electron chi connectivity index (χ4n) is 2.78. The molecule has 2 aliphatic rings. The highest BCUT2D eigenvalue weighted by Crippen LogP contribution is 2.24. The van der Waals surface area contributed by atoms with Crippen molar-refractivity contribution in [3.8, 4) is 5.88 Å². The standard InChI is InChI=1S/C16H26N4O/c1-12(2)21-16-11-17-10-15(19-16)20-7-5-13(6-8-20)9-18-14-3-4-14/h10-14,18H,3-9H2,1-2H3. The summed E-state index contributed by atoms with van der Waals surface area (Å²) in [5, 5.41) is 3.65. The van der Waals surface area contributed by atoms with Crippen molar-refractivity contribution in [2.45, 2.75) is 51.7 Å². The van der Waals surface area contributed by atoms with Crippen molar-refractivity contribution in [1.29, 1.82) is 0 Å². The summed E-state index contributed by atoms with van der Waals surface area (Å²) in [6.07, 6.45) is 8.88. The van der Waals surface area contributed by atoms with Crippen LogP contribution in [-0.2, 0) is 0 Å². The maximum Gasteiger partial charge on any atom is 0.234 e. The van der Waals surface area contributed by atoms with Crippen LogP contribution in [0.3, 0.4) is 0 Å². The maximum absolute atomic E-state index is 5.63. The molecular formula is C16H26N4O. The molecule has 0 radical (unpaired) electrons. The van der Waals surface area contributed by atoms with Crippen LogP contribution in [0.4, 0.5) is 5.82 Å². The van der Waals surface area contributed by atoms with E-state index in [0.29, 0.717) is 5.88 Å². The lowest BCUT2D eigenvalue weighted by Gasteiger charge is -2.32. The molecule has 0 spiro atoms. The van der Waals surface area contributed by atoms with Gasteiger partial charge in [0.05, 0.1) is 18.5 Å². The predicted molar refractivity (Wildman–Crippen MR) is 83.8 cm³/mol. The van der Waals surface area contributed by atoms with Crippen LogP contribution in [0.25, 0.3) is 0 Å². The van der Waals surface area contributed by atoms with Crippen LogP contribution < -0.4 is 15.0 Å². The number of ether oxygens (including phenoxy) is 1. The van der Waals surface area contributed by atoms with Crippen molar-refractivity contribution < 1.29 is 4.74 Å². The molecule has 2 fully saturated rings. The van der Waals surface area contributed by atoms with Crippen molar-refractivity contribution in [3.05, 3.63) is 12.4 Å². The van der Waals surface area contributed by atoms with E-state index >= 15 is 0 Å². The van der Waals surface area contributed by atoms with Crippen LogP contribution in [0.1, 0.15) is 39.5 Å². The molecule has 1 saturated heterocycles. The molecule has 1 aromatic rings. The van der Waals surface area contributed by atoms with Gasteiger partial charge in [0.25, 0.3) is 0 Å². The average molecular weight is 290 g/mol. The highest BCUT2D eigenvalue weighted by molar-refractivity contribution is 5.38. The Morgan fingerprint density at radius 1 is 1.24 bits per heavy atom. The van der Waals surface area contributed by atoms with Crippen LogP contribution >= 0.6 is 0 Å². The summed E-state index contributed by atoms with van der Waals surface area (Å²) < 4.78 is 5.63. The molecular weight excluding hydrogens is 264 g/mol. The quantitative estimate of drug-likeness (QED) is 0.870. The number of aromatic nitrogens is 2. The molecule has 0 bridgehead atoms. The van der Waals surface area contributed by atoms with E-state index in [0.717, 1.165) is 30.9 Å². The van der Waals surface area contributed by atoms with Gasteiger partial charge in [-0.1, -0.05) is 0 Å². The Balaban J connectivity index is 1.51. The van der Waals surface area contributed by atoms with Crippen molar-refractivity contribution in [2.75, 3.05) is 24.5 Å². The third-order valence-corrected chi connectivity index (χ3v) is 4.17. The molecule has 116 valence electrons. The van der Waals surface area contributed by atoms with Crippen LogP contribution in [0.5, 0.6) is 5.88 Å². The second kappa shape index (κ2) is 6.60. The molecule has 2 heterocycles. The lowest BCUT2D eigenvalue weighted by molar-refractivity contribution is 0.231. The molecule has 1 saturated carbocycles. The molecule has 0 amide bonds. The Hall–Kier alpha value is -1.36. The number of nitrogens with one attached hydrogen (secondary N) is 1. The van der Waals surface area contributed by atoms with Gasteiger partial charge >= 0.3 is 0 Å². The van der Waals surface area contributed by atoms with Gasteiger partial charge in [-0.3, -0.25) is 4.98 Å². The molecule has 0 atom stereocenters. The Kier molecular flexibility index (Phi) is 4.58. The summed E-state index contributed by atoms with van der Waals surface area (Å²) in [7, 11) is 0. The van der Waals surface area contributed by atoms with E-state index < -0.39 is 0 Å². The summed E-state index contributed by atoms with van der Waals surface area (Å²) in [6, 6.07) is 0.818. The predicted octanol–water partition coefficient (Wildman–Crippen LogP) is 2.23. The molecule has 0 aromatic carbocycles. The first kappa shape index (κ1) is 14.6. The summed E-state index contributed by atoms with van der Waals surface area (Å²) in [5.74, 6) is 2.38. The monoisotopic (exact) mass is 290 g/mol. The Morgan fingerprint density at radius 3 is 2.67 bits per heavy atom. The molecule has 1 aliphatic heterocycles. The fraction of sp³-hybridized carbons (Fsp3) is 0.750.